The van der Waals surface area contributed by atoms with E-state index in [-0.39, 0.29) is 11.8 Å². The molecule has 0 saturated carbocycles. The van der Waals surface area contributed by atoms with Gasteiger partial charge in [0.25, 0.3) is 5.91 Å². The Hall–Kier alpha value is -1.53. The minimum absolute atomic E-state index is 0.110. The summed E-state index contributed by atoms with van der Waals surface area (Å²) in [6.07, 6.45) is 2.25. The summed E-state index contributed by atoms with van der Waals surface area (Å²) in [4.78, 5) is 32.4. The minimum Gasteiger partial charge on any atom is -0.342 e. The van der Waals surface area contributed by atoms with Crippen LogP contribution in [0, 0.1) is 0 Å². The summed E-state index contributed by atoms with van der Waals surface area (Å²) in [6, 6.07) is 7.88. The van der Waals surface area contributed by atoms with E-state index in [9.17, 15) is 9.59 Å². The Kier molecular flexibility index (Phi) is 6.59. The van der Waals surface area contributed by atoms with E-state index in [1.807, 2.05) is 34.1 Å². The number of benzene rings is 1. The second kappa shape index (κ2) is 8.91. The van der Waals surface area contributed by atoms with Gasteiger partial charge in [0, 0.05) is 49.4 Å². The number of nitrogens with zero attached hydrogens (tertiary/aromatic N) is 3. The number of thioether (sulfide) groups is 1. The zero-order chi connectivity index (χ0) is 18.5. The molecule has 5 nitrogen and oxygen atoms in total. The molecule has 2 amide bonds. The normalized spacial score (nSPS) is 18.6. The van der Waals surface area contributed by atoms with Crippen LogP contribution in [0.25, 0.3) is 0 Å². The monoisotopic (exact) mass is 375 g/mol. The van der Waals surface area contributed by atoms with E-state index >= 15 is 0 Å². The van der Waals surface area contributed by atoms with Gasteiger partial charge < -0.3 is 9.80 Å². The zero-order valence-electron chi connectivity index (χ0n) is 15.8. The summed E-state index contributed by atoms with van der Waals surface area (Å²) in [7, 11) is 0. The van der Waals surface area contributed by atoms with Crippen molar-refractivity contribution in [2.24, 2.45) is 0 Å². The summed E-state index contributed by atoms with van der Waals surface area (Å²) in [5.41, 5.74) is 0.799. The summed E-state index contributed by atoms with van der Waals surface area (Å²) in [5.74, 6) is 0.347. The Morgan fingerprint density at radius 3 is 2.27 bits per heavy atom. The molecule has 142 valence electrons. The van der Waals surface area contributed by atoms with E-state index in [4.69, 9.17) is 0 Å². The van der Waals surface area contributed by atoms with Crippen LogP contribution in [0.1, 0.15) is 37.0 Å². The molecule has 3 rings (SSSR count). The highest BCUT2D eigenvalue weighted by molar-refractivity contribution is 8.00. The maximum absolute atomic E-state index is 13.0. The first-order valence-corrected chi connectivity index (χ1v) is 10.5. The molecular formula is C20H29N3O2S. The molecule has 2 heterocycles. The molecular weight excluding hydrogens is 346 g/mol. The fraction of sp³-hybridized carbons (Fsp3) is 0.600. The molecule has 1 aromatic carbocycles. The van der Waals surface area contributed by atoms with Gasteiger partial charge in [-0.25, -0.2) is 0 Å². The van der Waals surface area contributed by atoms with Crippen LogP contribution in [0.3, 0.4) is 0 Å². The van der Waals surface area contributed by atoms with Crippen LogP contribution in [0.15, 0.2) is 29.2 Å². The highest BCUT2D eigenvalue weighted by atomic mass is 32.2. The highest BCUT2D eigenvalue weighted by Gasteiger charge is 2.26. The van der Waals surface area contributed by atoms with Crippen LogP contribution < -0.4 is 0 Å². The Bertz CT molecular complexity index is 636. The SMILES string of the molecule is CC(C)Sc1ccccc1C(=O)N1CCN(CC(=O)N2CCCC2)CC1. The third kappa shape index (κ3) is 4.80. The third-order valence-corrected chi connectivity index (χ3v) is 6.04. The Balaban J connectivity index is 1.54. The predicted molar refractivity (Wildman–Crippen MR) is 106 cm³/mol. The van der Waals surface area contributed by atoms with Crippen molar-refractivity contribution in [1.82, 2.24) is 14.7 Å². The number of hydrogen-bond donors (Lipinski definition) is 0. The van der Waals surface area contributed by atoms with Crippen molar-refractivity contribution in [2.75, 3.05) is 45.8 Å². The molecule has 0 unspecified atom stereocenters. The number of likely N-dealkylation sites (tertiary alicyclic amines) is 1. The topological polar surface area (TPSA) is 43.9 Å². The van der Waals surface area contributed by atoms with Crippen molar-refractivity contribution < 1.29 is 9.59 Å². The van der Waals surface area contributed by atoms with Crippen LogP contribution in [0.4, 0.5) is 0 Å². The molecule has 6 heteroatoms. The largest absolute Gasteiger partial charge is 0.342 e. The number of amides is 2. The third-order valence-electron chi connectivity index (χ3n) is 4.96. The average Bonchev–Trinajstić information content (AvgIpc) is 3.17. The lowest BCUT2D eigenvalue weighted by atomic mass is 10.2. The molecule has 0 spiro atoms. The summed E-state index contributed by atoms with van der Waals surface area (Å²) < 4.78 is 0. The molecule has 0 bridgehead atoms. The number of hydrogen-bond acceptors (Lipinski definition) is 4. The number of rotatable bonds is 5. The summed E-state index contributed by atoms with van der Waals surface area (Å²) in [6.45, 7) is 9.49. The Labute approximate surface area is 160 Å². The second-order valence-corrected chi connectivity index (χ2v) is 8.94. The first-order chi connectivity index (χ1) is 12.5. The maximum atomic E-state index is 13.0. The molecule has 2 fully saturated rings. The van der Waals surface area contributed by atoms with E-state index in [2.05, 4.69) is 18.7 Å². The van der Waals surface area contributed by atoms with Crippen LogP contribution in [-0.4, -0.2) is 77.6 Å². The van der Waals surface area contributed by atoms with Gasteiger partial charge in [0.2, 0.25) is 5.91 Å². The lowest BCUT2D eigenvalue weighted by molar-refractivity contribution is -0.131. The van der Waals surface area contributed by atoms with Crippen molar-refractivity contribution in [2.45, 2.75) is 36.8 Å². The predicted octanol–water partition coefficient (Wildman–Crippen LogP) is 2.57. The van der Waals surface area contributed by atoms with E-state index in [0.717, 1.165) is 49.5 Å². The van der Waals surface area contributed by atoms with Crippen LogP contribution in [-0.2, 0) is 4.79 Å². The molecule has 0 aromatic heterocycles. The molecule has 0 radical (unpaired) electrons. The van der Waals surface area contributed by atoms with Gasteiger partial charge in [-0.15, -0.1) is 11.8 Å². The van der Waals surface area contributed by atoms with Crippen LogP contribution in [0.2, 0.25) is 0 Å². The van der Waals surface area contributed by atoms with Crippen molar-refractivity contribution in [3.8, 4) is 0 Å². The lowest BCUT2D eigenvalue weighted by Crippen LogP contribution is -2.51. The van der Waals surface area contributed by atoms with Gasteiger partial charge in [0.05, 0.1) is 12.1 Å². The molecule has 2 aliphatic heterocycles. The quantitative estimate of drug-likeness (QED) is 0.742. The lowest BCUT2D eigenvalue weighted by Gasteiger charge is -2.35. The van der Waals surface area contributed by atoms with Crippen molar-refractivity contribution in [1.29, 1.82) is 0 Å². The highest BCUT2D eigenvalue weighted by Crippen LogP contribution is 2.27. The van der Waals surface area contributed by atoms with Gasteiger partial charge in [-0.05, 0) is 25.0 Å². The second-order valence-electron chi connectivity index (χ2n) is 7.32. The van der Waals surface area contributed by atoms with E-state index in [1.165, 1.54) is 0 Å². The van der Waals surface area contributed by atoms with Gasteiger partial charge in [-0.3, -0.25) is 14.5 Å². The first kappa shape index (κ1) is 19.2. The molecule has 26 heavy (non-hydrogen) atoms. The summed E-state index contributed by atoms with van der Waals surface area (Å²) in [5, 5.41) is 0.442. The van der Waals surface area contributed by atoms with E-state index in [1.54, 1.807) is 11.8 Å². The molecule has 1 aromatic rings. The Morgan fingerprint density at radius 2 is 1.62 bits per heavy atom. The first-order valence-electron chi connectivity index (χ1n) is 9.59. The van der Waals surface area contributed by atoms with Gasteiger partial charge >= 0.3 is 0 Å². The summed E-state index contributed by atoms with van der Waals surface area (Å²) >= 11 is 1.73. The van der Waals surface area contributed by atoms with Crippen LogP contribution in [0.5, 0.6) is 0 Å². The van der Waals surface area contributed by atoms with Gasteiger partial charge in [-0.2, -0.15) is 0 Å². The molecule has 0 atom stereocenters. The standard InChI is InChI=1S/C20H29N3O2S/c1-16(2)26-18-8-4-3-7-17(18)20(25)23-13-11-21(12-14-23)15-19(24)22-9-5-6-10-22/h3-4,7-8,16H,5-6,9-15H2,1-2H3. The number of carbonyl (C=O) groups excluding carboxylic acids is 2. The van der Waals surface area contributed by atoms with Gasteiger partial charge in [0.1, 0.15) is 0 Å². The number of carbonyl (C=O) groups is 2. The smallest absolute Gasteiger partial charge is 0.255 e. The average molecular weight is 376 g/mol. The zero-order valence-corrected chi connectivity index (χ0v) is 16.6. The molecule has 0 aliphatic carbocycles. The van der Waals surface area contributed by atoms with Crippen molar-refractivity contribution in [3.63, 3.8) is 0 Å². The fourth-order valence-corrected chi connectivity index (χ4v) is 4.48. The van der Waals surface area contributed by atoms with Crippen LogP contribution >= 0.6 is 11.8 Å². The van der Waals surface area contributed by atoms with E-state index < -0.39 is 0 Å². The Morgan fingerprint density at radius 1 is 0.962 bits per heavy atom. The van der Waals surface area contributed by atoms with Crippen molar-refractivity contribution in [3.05, 3.63) is 29.8 Å². The fourth-order valence-electron chi connectivity index (χ4n) is 3.54. The van der Waals surface area contributed by atoms with Crippen molar-refractivity contribution >= 4 is 23.6 Å². The molecule has 0 N–H and O–H groups in total. The molecule has 2 saturated heterocycles. The van der Waals surface area contributed by atoms with Gasteiger partial charge in [-0.1, -0.05) is 26.0 Å². The maximum Gasteiger partial charge on any atom is 0.255 e. The number of piperazine rings is 1. The minimum atomic E-state index is 0.110. The molecule has 2 aliphatic rings. The van der Waals surface area contributed by atoms with E-state index in [0.29, 0.717) is 24.9 Å². The van der Waals surface area contributed by atoms with Gasteiger partial charge in [0.15, 0.2) is 0 Å².